The Labute approximate surface area is 169 Å². The lowest BCUT2D eigenvalue weighted by Gasteiger charge is -2.14. The Hall–Kier alpha value is -2.67. The van der Waals surface area contributed by atoms with E-state index in [1.165, 1.54) is 55.8 Å². The number of carbonyl (C=O) groups excluding carboxylic acids is 2. The zero-order valence-corrected chi connectivity index (χ0v) is 17.6. The fourth-order valence-electron chi connectivity index (χ4n) is 2.86. The second kappa shape index (κ2) is 10.0. The van der Waals surface area contributed by atoms with E-state index in [2.05, 4.69) is 37.4 Å². The van der Waals surface area contributed by atoms with Crippen molar-refractivity contribution in [2.75, 3.05) is 32.4 Å². The van der Waals surface area contributed by atoms with Gasteiger partial charge in [-0.25, -0.2) is 4.79 Å². The maximum atomic E-state index is 12.4. The van der Waals surface area contributed by atoms with E-state index in [0.29, 0.717) is 17.2 Å². The van der Waals surface area contributed by atoms with Crippen LogP contribution in [0.5, 0.6) is 11.5 Å². The number of thioether (sulfide) groups is 1. The number of amides is 1. The largest absolute Gasteiger partial charge is 0.493 e. The van der Waals surface area contributed by atoms with Crippen LogP contribution in [-0.2, 0) is 15.3 Å². The fraction of sp³-hybridized carbons (Fsp3) is 0.333. The molecule has 0 aliphatic heterocycles. The SMILES string of the molecule is COC(=O)c1cc(OC)c(OC)cc1NC(=O)CSCc1cc(C)cc(C)c1. The van der Waals surface area contributed by atoms with Crippen LogP contribution in [-0.4, -0.2) is 39.0 Å². The van der Waals surface area contributed by atoms with Crippen molar-refractivity contribution in [3.8, 4) is 11.5 Å². The lowest BCUT2D eigenvalue weighted by molar-refractivity contribution is -0.113. The van der Waals surface area contributed by atoms with Gasteiger partial charge >= 0.3 is 5.97 Å². The summed E-state index contributed by atoms with van der Waals surface area (Å²) >= 11 is 1.50. The second-order valence-corrected chi connectivity index (χ2v) is 7.27. The lowest BCUT2D eigenvalue weighted by Crippen LogP contribution is -2.17. The zero-order chi connectivity index (χ0) is 20.7. The van der Waals surface area contributed by atoms with Gasteiger partial charge in [-0.3, -0.25) is 4.79 Å². The van der Waals surface area contributed by atoms with E-state index in [0.717, 1.165) is 5.75 Å². The van der Waals surface area contributed by atoms with Gasteiger partial charge in [0.15, 0.2) is 11.5 Å². The number of rotatable bonds is 8. The molecule has 0 spiro atoms. The minimum Gasteiger partial charge on any atom is -0.493 e. The van der Waals surface area contributed by atoms with Crippen LogP contribution in [0.15, 0.2) is 30.3 Å². The third-order valence-corrected chi connectivity index (χ3v) is 4.99. The van der Waals surface area contributed by atoms with Crippen LogP contribution in [0.4, 0.5) is 5.69 Å². The highest BCUT2D eigenvalue weighted by atomic mass is 32.2. The third kappa shape index (κ3) is 5.66. The van der Waals surface area contributed by atoms with E-state index in [1.54, 1.807) is 6.07 Å². The van der Waals surface area contributed by atoms with Crippen molar-refractivity contribution in [1.82, 2.24) is 0 Å². The van der Waals surface area contributed by atoms with E-state index >= 15 is 0 Å². The average Bonchev–Trinajstić information content (AvgIpc) is 2.66. The smallest absolute Gasteiger partial charge is 0.340 e. The molecule has 1 amide bonds. The van der Waals surface area contributed by atoms with Gasteiger partial charge in [0.05, 0.1) is 38.3 Å². The number of hydrogen-bond acceptors (Lipinski definition) is 6. The van der Waals surface area contributed by atoms with Crippen LogP contribution in [0, 0.1) is 13.8 Å². The third-order valence-electron chi connectivity index (χ3n) is 3.99. The molecule has 2 aromatic carbocycles. The summed E-state index contributed by atoms with van der Waals surface area (Å²) in [4.78, 5) is 24.5. The number of anilines is 1. The minimum absolute atomic E-state index is 0.202. The standard InChI is InChI=1S/C21H25NO5S/c1-13-6-14(2)8-15(7-13)11-28-12-20(23)22-17-10-19(26-4)18(25-3)9-16(17)21(24)27-5/h6-10H,11-12H2,1-5H3,(H,22,23). The van der Waals surface area contributed by atoms with E-state index in [1.807, 2.05) is 0 Å². The van der Waals surface area contributed by atoms with Crippen LogP contribution in [0.2, 0.25) is 0 Å². The van der Waals surface area contributed by atoms with Gasteiger partial charge in [0.25, 0.3) is 0 Å². The van der Waals surface area contributed by atoms with Crippen molar-refractivity contribution >= 4 is 29.3 Å². The molecule has 0 aliphatic rings. The van der Waals surface area contributed by atoms with Gasteiger partial charge in [0.2, 0.25) is 5.91 Å². The molecule has 0 atom stereocenters. The second-order valence-electron chi connectivity index (χ2n) is 6.28. The summed E-state index contributed by atoms with van der Waals surface area (Å²) in [5.41, 5.74) is 4.10. The van der Waals surface area contributed by atoms with Crippen LogP contribution in [0.1, 0.15) is 27.0 Å². The topological polar surface area (TPSA) is 73.9 Å². The number of nitrogens with one attached hydrogen (secondary N) is 1. The van der Waals surface area contributed by atoms with Crippen molar-refractivity contribution in [2.24, 2.45) is 0 Å². The molecule has 7 heteroatoms. The van der Waals surface area contributed by atoms with Crippen LogP contribution < -0.4 is 14.8 Å². The van der Waals surface area contributed by atoms with Gasteiger partial charge in [0.1, 0.15) is 0 Å². The van der Waals surface area contributed by atoms with E-state index in [-0.39, 0.29) is 17.2 Å². The van der Waals surface area contributed by atoms with Gasteiger partial charge in [0, 0.05) is 17.9 Å². The predicted octanol–water partition coefficient (Wildman–Crippen LogP) is 3.98. The van der Waals surface area contributed by atoms with Crippen molar-refractivity contribution in [3.63, 3.8) is 0 Å². The normalized spacial score (nSPS) is 10.3. The lowest BCUT2D eigenvalue weighted by atomic mass is 10.1. The Bertz CT molecular complexity index is 846. The average molecular weight is 404 g/mol. The summed E-state index contributed by atoms with van der Waals surface area (Å²) in [6.07, 6.45) is 0. The minimum atomic E-state index is -0.570. The Kier molecular flexibility index (Phi) is 7.75. The van der Waals surface area contributed by atoms with Gasteiger partial charge in [-0.1, -0.05) is 29.3 Å². The first-order chi connectivity index (χ1) is 13.4. The Morgan fingerprint density at radius 2 is 1.54 bits per heavy atom. The molecule has 2 aromatic rings. The molecule has 2 rings (SSSR count). The number of esters is 1. The van der Waals surface area contributed by atoms with Crippen molar-refractivity contribution in [2.45, 2.75) is 19.6 Å². The van der Waals surface area contributed by atoms with Crippen LogP contribution >= 0.6 is 11.8 Å². The molecule has 0 saturated heterocycles. The molecular weight excluding hydrogens is 378 g/mol. The van der Waals surface area contributed by atoms with E-state index in [9.17, 15) is 9.59 Å². The summed E-state index contributed by atoms with van der Waals surface area (Å²) in [6.45, 7) is 4.11. The van der Waals surface area contributed by atoms with Gasteiger partial charge in [-0.15, -0.1) is 11.8 Å². The van der Waals surface area contributed by atoms with Crippen molar-refractivity contribution in [3.05, 3.63) is 52.6 Å². The first-order valence-corrected chi connectivity index (χ1v) is 9.82. The van der Waals surface area contributed by atoms with Gasteiger partial charge < -0.3 is 19.5 Å². The number of hydrogen-bond donors (Lipinski definition) is 1. The highest BCUT2D eigenvalue weighted by Crippen LogP contribution is 2.34. The molecule has 28 heavy (non-hydrogen) atoms. The van der Waals surface area contributed by atoms with Crippen LogP contribution in [0.3, 0.4) is 0 Å². The summed E-state index contributed by atoms with van der Waals surface area (Å²) in [7, 11) is 4.24. The van der Waals surface area contributed by atoms with Gasteiger partial charge in [-0.2, -0.15) is 0 Å². The Balaban J connectivity index is 2.08. The van der Waals surface area contributed by atoms with Gasteiger partial charge in [-0.05, 0) is 19.4 Å². The molecular formula is C21H25NO5S. The molecule has 0 unspecified atom stereocenters. The van der Waals surface area contributed by atoms with Crippen molar-refractivity contribution < 1.29 is 23.8 Å². The summed E-state index contributed by atoms with van der Waals surface area (Å²) in [5.74, 6) is 0.984. The Morgan fingerprint density at radius 1 is 0.929 bits per heavy atom. The first kappa shape index (κ1) is 21.6. The number of ether oxygens (including phenoxy) is 3. The number of aryl methyl sites for hydroxylation is 2. The number of methoxy groups -OCH3 is 3. The molecule has 0 aliphatic carbocycles. The maximum absolute atomic E-state index is 12.4. The molecule has 0 aromatic heterocycles. The van der Waals surface area contributed by atoms with Crippen molar-refractivity contribution in [1.29, 1.82) is 0 Å². The highest BCUT2D eigenvalue weighted by Gasteiger charge is 2.19. The monoisotopic (exact) mass is 403 g/mol. The van der Waals surface area contributed by atoms with E-state index in [4.69, 9.17) is 14.2 Å². The molecule has 0 heterocycles. The summed E-state index contributed by atoms with van der Waals surface area (Å²) in [5, 5.41) is 2.76. The maximum Gasteiger partial charge on any atom is 0.340 e. The van der Waals surface area contributed by atoms with E-state index < -0.39 is 5.97 Å². The molecule has 1 N–H and O–H groups in total. The molecule has 0 saturated carbocycles. The fourth-order valence-corrected chi connectivity index (χ4v) is 3.62. The molecule has 0 bridgehead atoms. The molecule has 6 nitrogen and oxygen atoms in total. The molecule has 0 radical (unpaired) electrons. The quantitative estimate of drug-likeness (QED) is 0.672. The Morgan fingerprint density at radius 3 is 2.11 bits per heavy atom. The summed E-state index contributed by atoms with van der Waals surface area (Å²) < 4.78 is 15.3. The molecule has 0 fully saturated rings. The number of carbonyl (C=O) groups is 2. The number of benzene rings is 2. The zero-order valence-electron chi connectivity index (χ0n) is 16.8. The van der Waals surface area contributed by atoms with Crippen LogP contribution in [0.25, 0.3) is 0 Å². The first-order valence-electron chi connectivity index (χ1n) is 8.67. The molecule has 150 valence electrons. The highest BCUT2D eigenvalue weighted by molar-refractivity contribution is 7.99. The summed E-state index contributed by atoms with van der Waals surface area (Å²) in [6, 6.07) is 9.38. The predicted molar refractivity (Wildman–Crippen MR) is 112 cm³/mol.